The minimum absolute atomic E-state index is 0.515. The van der Waals surface area contributed by atoms with Crippen LogP contribution in [0, 0.1) is 0 Å². The maximum absolute atomic E-state index is 5.73. The molecule has 2 aromatic rings. The molecule has 0 radical (unpaired) electrons. The Hall–Kier alpha value is -2.23. The molecule has 0 unspecified atom stereocenters. The van der Waals surface area contributed by atoms with Crippen molar-refractivity contribution in [1.82, 2.24) is 4.98 Å². The molecule has 0 fully saturated rings. The highest BCUT2D eigenvalue weighted by Crippen LogP contribution is 2.27. The van der Waals surface area contributed by atoms with Crippen LogP contribution in [0.3, 0.4) is 0 Å². The summed E-state index contributed by atoms with van der Waals surface area (Å²) in [6.07, 6.45) is 3.20. The standard InChI is InChI=1S/C13H14N2O2/c1-2-16-10-3-5-11(6-4-10)17-13-7-8-15-9-12(13)14/h3-9H,2,14H2,1H3. The summed E-state index contributed by atoms with van der Waals surface area (Å²) in [5.74, 6) is 2.14. The van der Waals surface area contributed by atoms with Crippen molar-refractivity contribution >= 4 is 5.69 Å². The van der Waals surface area contributed by atoms with Crippen molar-refractivity contribution in [3.8, 4) is 17.2 Å². The molecule has 1 aromatic carbocycles. The molecule has 0 aliphatic heterocycles. The fourth-order valence-corrected chi connectivity index (χ4v) is 1.38. The van der Waals surface area contributed by atoms with Gasteiger partial charge in [0.05, 0.1) is 18.5 Å². The SMILES string of the molecule is CCOc1ccc(Oc2ccncc2N)cc1. The topological polar surface area (TPSA) is 57.4 Å². The number of ether oxygens (including phenoxy) is 2. The first-order valence-corrected chi connectivity index (χ1v) is 5.40. The van der Waals surface area contributed by atoms with Gasteiger partial charge >= 0.3 is 0 Å². The maximum atomic E-state index is 5.73. The fraction of sp³-hybridized carbons (Fsp3) is 0.154. The normalized spacial score (nSPS) is 9.94. The third-order valence-corrected chi connectivity index (χ3v) is 2.17. The van der Waals surface area contributed by atoms with Crippen molar-refractivity contribution in [2.45, 2.75) is 6.92 Å². The van der Waals surface area contributed by atoms with Gasteiger partial charge in [-0.2, -0.15) is 0 Å². The van der Waals surface area contributed by atoms with Gasteiger partial charge in [0.2, 0.25) is 0 Å². The second-order valence-electron chi connectivity index (χ2n) is 3.42. The van der Waals surface area contributed by atoms with Gasteiger partial charge in [0, 0.05) is 12.3 Å². The summed E-state index contributed by atoms with van der Waals surface area (Å²) in [6, 6.07) is 9.12. The number of anilines is 1. The fourth-order valence-electron chi connectivity index (χ4n) is 1.38. The van der Waals surface area contributed by atoms with E-state index in [0.29, 0.717) is 23.8 Å². The van der Waals surface area contributed by atoms with Crippen LogP contribution in [0.4, 0.5) is 5.69 Å². The summed E-state index contributed by atoms with van der Waals surface area (Å²) in [5.41, 5.74) is 6.25. The lowest BCUT2D eigenvalue weighted by molar-refractivity contribution is 0.339. The summed E-state index contributed by atoms with van der Waals surface area (Å²) in [4.78, 5) is 3.90. The average molecular weight is 230 g/mol. The van der Waals surface area contributed by atoms with E-state index < -0.39 is 0 Å². The molecule has 2 N–H and O–H groups in total. The monoisotopic (exact) mass is 230 g/mol. The molecule has 0 aliphatic carbocycles. The molecule has 4 nitrogen and oxygen atoms in total. The van der Waals surface area contributed by atoms with Gasteiger partial charge in [-0.05, 0) is 31.2 Å². The second kappa shape index (κ2) is 5.21. The summed E-state index contributed by atoms with van der Waals surface area (Å²) < 4.78 is 11.0. The number of benzene rings is 1. The number of aromatic nitrogens is 1. The third kappa shape index (κ3) is 2.87. The van der Waals surface area contributed by atoms with Crippen LogP contribution in [-0.2, 0) is 0 Å². The van der Waals surface area contributed by atoms with E-state index in [2.05, 4.69) is 4.98 Å². The van der Waals surface area contributed by atoms with Gasteiger partial charge in [0.25, 0.3) is 0 Å². The first kappa shape index (κ1) is 11.3. The predicted molar refractivity (Wildman–Crippen MR) is 66.3 cm³/mol. The number of pyridine rings is 1. The molecule has 1 aromatic heterocycles. The minimum Gasteiger partial charge on any atom is -0.494 e. The number of nitrogens with two attached hydrogens (primary N) is 1. The highest BCUT2D eigenvalue weighted by atomic mass is 16.5. The Morgan fingerprint density at radius 3 is 2.47 bits per heavy atom. The van der Waals surface area contributed by atoms with Gasteiger partial charge in [-0.25, -0.2) is 0 Å². The van der Waals surface area contributed by atoms with Crippen molar-refractivity contribution < 1.29 is 9.47 Å². The highest BCUT2D eigenvalue weighted by molar-refractivity contribution is 5.51. The van der Waals surface area contributed by atoms with E-state index in [0.717, 1.165) is 5.75 Å². The molecule has 0 amide bonds. The molecular weight excluding hydrogens is 216 g/mol. The molecule has 0 bridgehead atoms. The summed E-state index contributed by atoms with van der Waals surface area (Å²) in [6.45, 7) is 2.60. The summed E-state index contributed by atoms with van der Waals surface area (Å²) >= 11 is 0. The van der Waals surface area contributed by atoms with Crippen molar-refractivity contribution in [3.05, 3.63) is 42.7 Å². The minimum atomic E-state index is 0.515. The number of hydrogen-bond acceptors (Lipinski definition) is 4. The molecule has 0 saturated heterocycles. The summed E-state index contributed by atoms with van der Waals surface area (Å²) in [5, 5.41) is 0. The molecule has 1 heterocycles. The first-order valence-electron chi connectivity index (χ1n) is 5.40. The van der Waals surface area contributed by atoms with Crippen LogP contribution in [0.15, 0.2) is 42.7 Å². The quantitative estimate of drug-likeness (QED) is 0.877. The zero-order chi connectivity index (χ0) is 12.1. The van der Waals surface area contributed by atoms with Crippen LogP contribution in [0.25, 0.3) is 0 Å². The third-order valence-electron chi connectivity index (χ3n) is 2.17. The molecular formula is C13H14N2O2. The lowest BCUT2D eigenvalue weighted by Gasteiger charge is -2.08. The highest BCUT2D eigenvalue weighted by Gasteiger charge is 2.01. The van der Waals surface area contributed by atoms with Crippen LogP contribution < -0.4 is 15.2 Å². The Morgan fingerprint density at radius 2 is 1.82 bits per heavy atom. The Morgan fingerprint density at radius 1 is 1.12 bits per heavy atom. The summed E-state index contributed by atoms with van der Waals surface area (Å²) in [7, 11) is 0. The second-order valence-corrected chi connectivity index (χ2v) is 3.42. The van der Waals surface area contributed by atoms with Crippen LogP contribution >= 0.6 is 0 Å². The van der Waals surface area contributed by atoms with E-state index in [9.17, 15) is 0 Å². The number of nitrogens with zero attached hydrogens (tertiary/aromatic N) is 1. The van der Waals surface area contributed by atoms with Gasteiger partial charge < -0.3 is 15.2 Å². The van der Waals surface area contributed by atoms with Crippen LogP contribution in [0.5, 0.6) is 17.2 Å². The van der Waals surface area contributed by atoms with Crippen molar-refractivity contribution in [2.75, 3.05) is 12.3 Å². The molecule has 4 heteroatoms. The number of nitrogen functional groups attached to an aromatic ring is 1. The largest absolute Gasteiger partial charge is 0.494 e. The predicted octanol–water partition coefficient (Wildman–Crippen LogP) is 2.85. The number of rotatable bonds is 4. The zero-order valence-corrected chi connectivity index (χ0v) is 9.59. The van der Waals surface area contributed by atoms with Crippen molar-refractivity contribution in [2.24, 2.45) is 0 Å². The Kier molecular flexibility index (Phi) is 3.45. The van der Waals surface area contributed by atoms with Gasteiger partial charge in [-0.15, -0.1) is 0 Å². The smallest absolute Gasteiger partial charge is 0.153 e. The van der Waals surface area contributed by atoms with Crippen molar-refractivity contribution in [1.29, 1.82) is 0 Å². The zero-order valence-electron chi connectivity index (χ0n) is 9.59. The van der Waals surface area contributed by atoms with E-state index in [1.54, 1.807) is 18.5 Å². The molecule has 88 valence electrons. The van der Waals surface area contributed by atoms with E-state index >= 15 is 0 Å². The van der Waals surface area contributed by atoms with Gasteiger partial charge in [0.15, 0.2) is 5.75 Å². The van der Waals surface area contributed by atoms with Crippen molar-refractivity contribution in [3.63, 3.8) is 0 Å². The molecule has 17 heavy (non-hydrogen) atoms. The van der Waals surface area contributed by atoms with E-state index in [-0.39, 0.29) is 0 Å². The van der Waals surface area contributed by atoms with Gasteiger partial charge in [0.1, 0.15) is 11.5 Å². The molecule has 2 rings (SSSR count). The van der Waals surface area contributed by atoms with Crippen LogP contribution in [0.1, 0.15) is 6.92 Å². The number of hydrogen-bond donors (Lipinski definition) is 1. The molecule has 0 aliphatic rings. The van der Waals surface area contributed by atoms with Crippen LogP contribution in [0.2, 0.25) is 0 Å². The van der Waals surface area contributed by atoms with E-state index in [1.807, 2.05) is 31.2 Å². The van der Waals surface area contributed by atoms with Gasteiger partial charge in [-0.1, -0.05) is 0 Å². The Labute approximate surface area is 100 Å². The Balaban J connectivity index is 2.11. The molecule has 0 saturated carbocycles. The maximum Gasteiger partial charge on any atom is 0.153 e. The first-order chi connectivity index (χ1) is 8.29. The average Bonchev–Trinajstić information content (AvgIpc) is 2.35. The van der Waals surface area contributed by atoms with Gasteiger partial charge in [-0.3, -0.25) is 4.98 Å². The van der Waals surface area contributed by atoms with E-state index in [1.165, 1.54) is 0 Å². The Bertz CT molecular complexity index is 483. The van der Waals surface area contributed by atoms with Crippen LogP contribution in [-0.4, -0.2) is 11.6 Å². The molecule has 0 spiro atoms. The molecule has 0 atom stereocenters. The lowest BCUT2D eigenvalue weighted by Crippen LogP contribution is -1.93. The lowest BCUT2D eigenvalue weighted by atomic mass is 10.3. The van der Waals surface area contributed by atoms with E-state index in [4.69, 9.17) is 15.2 Å².